The summed E-state index contributed by atoms with van der Waals surface area (Å²) in [5.41, 5.74) is 2.96. The molecule has 0 heterocycles. The number of hydrogen-bond acceptors (Lipinski definition) is 2. The summed E-state index contributed by atoms with van der Waals surface area (Å²) in [7, 11) is 0. The van der Waals surface area contributed by atoms with Crippen LogP contribution in [-0.2, 0) is 0 Å². The predicted octanol–water partition coefficient (Wildman–Crippen LogP) is 4.38. The molecule has 2 saturated carbocycles. The van der Waals surface area contributed by atoms with Gasteiger partial charge >= 0.3 is 0 Å². The molecule has 2 nitrogen and oxygen atoms in total. The number of ether oxygens (including phenoxy) is 1. The van der Waals surface area contributed by atoms with Crippen molar-refractivity contribution in [3.8, 4) is 5.75 Å². The van der Waals surface area contributed by atoms with Gasteiger partial charge in [-0.3, -0.25) is 0 Å². The summed E-state index contributed by atoms with van der Waals surface area (Å²) in [4.78, 5) is 0. The average molecular weight is 287 g/mol. The van der Waals surface area contributed by atoms with Gasteiger partial charge in [0.15, 0.2) is 0 Å². The highest BCUT2D eigenvalue weighted by molar-refractivity contribution is 5.36. The van der Waals surface area contributed by atoms with Crippen molar-refractivity contribution in [1.82, 2.24) is 5.32 Å². The summed E-state index contributed by atoms with van der Waals surface area (Å²) in [5, 5.41) is 3.76. The van der Waals surface area contributed by atoms with E-state index in [1.165, 1.54) is 49.7 Å². The maximum absolute atomic E-state index is 6.47. The topological polar surface area (TPSA) is 21.3 Å². The molecule has 116 valence electrons. The molecular weight excluding hydrogens is 258 g/mol. The van der Waals surface area contributed by atoms with Crippen molar-refractivity contribution >= 4 is 0 Å². The van der Waals surface area contributed by atoms with Gasteiger partial charge in [0.25, 0.3) is 0 Å². The highest BCUT2D eigenvalue weighted by Crippen LogP contribution is 2.54. The summed E-state index contributed by atoms with van der Waals surface area (Å²) in [6.45, 7) is 7.69. The summed E-state index contributed by atoms with van der Waals surface area (Å²) in [6.07, 6.45) is 8.22. The van der Waals surface area contributed by atoms with Crippen molar-refractivity contribution in [1.29, 1.82) is 0 Å². The van der Waals surface area contributed by atoms with Gasteiger partial charge in [-0.05, 0) is 56.8 Å². The highest BCUT2D eigenvalue weighted by Gasteiger charge is 2.57. The van der Waals surface area contributed by atoms with Gasteiger partial charge in [-0.15, -0.1) is 0 Å². The van der Waals surface area contributed by atoms with E-state index in [0.29, 0.717) is 17.6 Å². The maximum atomic E-state index is 6.47. The standard InChI is InChI=1S/C19H29NO/c1-4-11-20-17-13-18(19(17)9-5-6-10-19)21-16-12-14(2)7-8-15(16)3/h7-8,12,17-18,20H,4-6,9-11,13H2,1-3H3. The third kappa shape index (κ3) is 2.70. The number of rotatable bonds is 5. The van der Waals surface area contributed by atoms with E-state index < -0.39 is 0 Å². The van der Waals surface area contributed by atoms with Crippen molar-refractivity contribution < 1.29 is 4.74 Å². The smallest absolute Gasteiger partial charge is 0.122 e. The summed E-state index contributed by atoms with van der Waals surface area (Å²) < 4.78 is 6.47. The van der Waals surface area contributed by atoms with Crippen LogP contribution in [0.3, 0.4) is 0 Å². The molecule has 2 atom stereocenters. The Morgan fingerprint density at radius 1 is 1.24 bits per heavy atom. The second kappa shape index (κ2) is 6.00. The molecule has 2 fully saturated rings. The Labute approximate surface area is 129 Å². The molecular formula is C19H29NO. The number of hydrogen-bond donors (Lipinski definition) is 1. The van der Waals surface area contributed by atoms with Crippen LogP contribution in [0.5, 0.6) is 5.75 Å². The SMILES string of the molecule is CCCNC1CC(Oc2cc(C)ccc2C)C12CCCC2. The normalized spacial score (nSPS) is 26.8. The van der Waals surface area contributed by atoms with Crippen LogP contribution >= 0.6 is 0 Å². The lowest BCUT2D eigenvalue weighted by atomic mass is 9.60. The molecule has 21 heavy (non-hydrogen) atoms. The zero-order chi connectivity index (χ0) is 14.9. The molecule has 2 unspecified atom stereocenters. The average Bonchev–Trinajstić information content (AvgIpc) is 2.98. The van der Waals surface area contributed by atoms with E-state index in [1.807, 2.05) is 0 Å². The first-order valence-electron chi connectivity index (χ1n) is 8.63. The van der Waals surface area contributed by atoms with E-state index >= 15 is 0 Å². The maximum Gasteiger partial charge on any atom is 0.122 e. The second-order valence-electron chi connectivity index (χ2n) is 7.06. The Kier molecular flexibility index (Phi) is 4.26. The van der Waals surface area contributed by atoms with Crippen molar-refractivity contribution in [3.05, 3.63) is 29.3 Å². The highest BCUT2D eigenvalue weighted by atomic mass is 16.5. The zero-order valence-corrected chi connectivity index (χ0v) is 13.7. The van der Waals surface area contributed by atoms with E-state index in [0.717, 1.165) is 12.3 Å². The fourth-order valence-electron chi connectivity index (χ4n) is 4.21. The van der Waals surface area contributed by atoms with Gasteiger partial charge in [0.1, 0.15) is 11.9 Å². The molecule has 1 aromatic rings. The Morgan fingerprint density at radius 2 is 2.00 bits per heavy atom. The van der Waals surface area contributed by atoms with Crippen LogP contribution in [0, 0.1) is 19.3 Å². The van der Waals surface area contributed by atoms with Gasteiger partial charge < -0.3 is 10.1 Å². The largest absolute Gasteiger partial charge is 0.489 e. The quantitative estimate of drug-likeness (QED) is 0.867. The molecule has 2 aliphatic carbocycles. The van der Waals surface area contributed by atoms with E-state index in [4.69, 9.17) is 4.74 Å². The molecule has 0 aliphatic heterocycles. The fourth-order valence-corrected chi connectivity index (χ4v) is 4.21. The van der Waals surface area contributed by atoms with Gasteiger partial charge in [0.2, 0.25) is 0 Å². The molecule has 1 aromatic carbocycles. The predicted molar refractivity (Wildman–Crippen MR) is 87.9 cm³/mol. The van der Waals surface area contributed by atoms with Gasteiger partial charge in [-0.1, -0.05) is 31.9 Å². The van der Waals surface area contributed by atoms with Crippen molar-refractivity contribution in [2.24, 2.45) is 5.41 Å². The van der Waals surface area contributed by atoms with Gasteiger partial charge in [-0.2, -0.15) is 0 Å². The lowest BCUT2D eigenvalue weighted by molar-refractivity contribution is -0.0762. The Bertz CT molecular complexity index is 490. The number of nitrogens with one attached hydrogen (secondary N) is 1. The Morgan fingerprint density at radius 3 is 2.71 bits per heavy atom. The molecule has 2 heteroatoms. The zero-order valence-electron chi connectivity index (χ0n) is 13.7. The van der Waals surface area contributed by atoms with Gasteiger partial charge in [-0.25, -0.2) is 0 Å². The Hall–Kier alpha value is -1.02. The van der Waals surface area contributed by atoms with E-state index in [2.05, 4.69) is 44.3 Å². The van der Waals surface area contributed by atoms with E-state index in [1.54, 1.807) is 0 Å². The number of aryl methyl sites for hydroxylation is 2. The first-order chi connectivity index (χ1) is 10.2. The number of benzene rings is 1. The van der Waals surface area contributed by atoms with Gasteiger partial charge in [0.05, 0.1) is 0 Å². The van der Waals surface area contributed by atoms with Crippen LogP contribution in [0.15, 0.2) is 18.2 Å². The summed E-state index contributed by atoms with van der Waals surface area (Å²) in [5.74, 6) is 1.10. The molecule has 1 N–H and O–H groups in total. The van der Waals surface area contributed by atoms with Crippen molar-refractivity contribution in [2.75, 3.05) is 6.54 Å². The minimum absolute atomic E-state index is 0.408. The fraction of sp³-hybridized carbons (Fsp3) is 0.684. The van der Waals surface area contributed by atoms with Gasteiger partial charge in [0, 0.05) is 17.9 Å². The first kappa shape index (κ1) is 14.9. The van der Waals surface area contributed by atoms with Crippen LogP contribution in [0.4, 0.5) is 0 Å². The first-order valence-corrected chi connectivity index (χ1v) is 8.63. The summed E-state index contributed by atoms with van der Waals surface area (Å²) >= 11 is 0. The van der Waals surface area contributed by atoms with Crippen molar-refractivity contribution in [3.63, 3.8) is 0 Å². The lowest BCUT2D eigenvalue weighted by Crippen LogP contribution is -2.63. The molecule has 0 amide bonds. The molecule has 0 aromatic heterocycles. The van der Waals surface area contributed by atoms with Crippen LogP contribution in [0.1, 0.15) is 56.6 Å². The Balaban J connectivity index is 1.72. The van der Waals surface area contributed by atoms with Crippen molar-refractivity contribution in [2.45, 2.75) is 71.4 Å². The minimum atomic E-state index is 0.408. The van der Waals surface area contributed by atoms with E-state index in [9.17, 15) is 0 Å². The van der Waals surface area contributed by atoms with E-state index in [-0.39, 0.29) is 0 Å². The third-order valence-corrected chi connectivity index (χ3v) is 5.57. The van der Waals surface area contributed by atoms with Crippen LogP contribution in [0.2, 0.25) is 0 Å². The second-order valence-corrected chi connectivity index (χ2v) is 7.06. The molecule has 2 aliphatic rings. The van der Waals surface area contributed by atoms with Crippen LogP contribution in [0.25, 0.3) is 0 Å². The molecule has 0 bridgehead atoms. The van der Waals surface area contributed by atoms with Crippen LogP contribution in [-0.4, -0.2) is 18.7 Å². The summed E-state index contributed by atoms with van der Waals surface area (Å²) in [6, 6.07) is 7.22. The molecule has 0 radical (unpaired) electrons. The monoisotopic (exact) mass is 287 g/mol. The molecule has 1 spiro atoms. The third-order valence-electron chi connectivity index (χ3n) is 5.57. The lowest BCUT2D eigenvalue weighted by Gasteiger charge is -2.54. The molecule has 0 saturated heterocycles. The van der Waals surface area contributed by atoms with Crippen LogP contribution < -0.4 is 10.1 Å². The minimum Gasteiger partial charge on any atom is -0.489 e. The molecule has 3 rings (SSSR count).